The largest absolute Gasteiger partial charge is 0.333 e. The molecule has 3 aliphatic rings. The first-order chi connectivity index (χ1) is 14.5. The zero-order valence-electron chi connectivity index (χ0n) is 17.4. The zero-order valence-corrected chi connectivity index (χ0v) is 17.4. The maximum Gasteiger partial charge on any atom is 0.317 e. The van der Waals surface area contributed by atoms with Crippen LogP contribution in [0, 0.1) is 0 Å². The molecule has 1 saturated carbocycles. The van der Waals surface area contributed by atoms with Gasteiger partial charge in [0.05, 0.1) is 11.2 Å². The molecule has 154 valence electrons. The number of benzene rings is 1. The van der Waals surface area contributed by atoms with Crippen LogP contribution in [-0.2, 0) is 12.0 Å². The van der Waals surface area contributed by atoms with E-state index in [0.29, 0.717) is 0 Å². The van der Waals surface area contributed by atoms with Crippen LogP contribution in [0.3, 0.4) is 0 Å². The van der Waals surface area contributed by atoms with E-state index < -0.39 is 0 Å². The minimum absolute atomic E-state index is 0.000534. The van der Waals surface area contributed by atoms with Crippen LogP contribution in [0.25, 0.3) is 22.2 Å². The average molecular weight is 402 g/mol. The van der Waals surface area contributed by atoms with Crippen molar-refractivity contribution in [1.82, 2.24) is 25.0 Å². The van der Waals surface area contributed by atoms with Crippen LogP contribution in [0.5, 0.6) is 0 Å². The molecule has 1 aliphatic carbocycles. The molecule has 0 radical (unpaired) electrons. The molecule has 1 saturated heterocycles. The van der Waals surface area contributed by atoms with Crippen LogP contribution < -0.4 is 5.32 Å². The van der Waals surface area contributed by atoms with Crippen LogP contribution in [0.15, 0.2) is 42.6 Å². The van der Waals surface area contributed by atoms with Crippen LogP contribution in [-0.4, -0.2) is 44.3 Å². The van der Waals surface area contributed by atoms with E-state index in [4.69, 9.17) is 5.10 Å². The number of pyridine rings is 1. The van der Waals surface area contributed by atoms with E-state index in [2.05, 4.69) is 40.1 Å². The third-order valence-electron chi connectivity index (χ3n) is 7.52. The molecule has 2 aliphatic heterocycles. The molecule has 2 aromatic heterocycles. The van der Waals surface area contributed by atoms with Gasteiger partial charge in [-0.2, -0.15) is 5.10 Å². The number of nitrogens with zero attached hydrogens (tertiary/aromatic N) is 4. The third kappa shape index (κ3) is 2.73. The summed E-state index contributed by atoms with van der Waals surface area (Å²) >= 11 is 0. The number of carbonyl (C=O) groups is 1. The fourth-order valence-electron chi connectivity index (χ4n) is 5.44. The molecular formula is C24H27N5O. The van der Waals surface area contributed by atoms with Gasteiger partial charge in [-0.05, 0) is 57.2 Å². The van der Waals surface area contributed by atoms with Gasteiger partial charge in [-0.1, -0.05) is 18.2 Å². The molecule has 1 atom stereocenters. The highest BCUT2D eigenvalue weighted by Crippen LogP contribution is 2.44. The smallest absolute Gasteiger partial charge is 0.317 e. The summed E-state index contributed by atoms with van der Waals surface area (Å²) in [5.74, 6) is 0. The van der Waals surface area contributed by atoms with Gasteiger partial charge in [-0.15, -0.1) is 0 Å². The van der Waals surface area contributed by atoms with Gasteiger partial charge in [0.1, 0.15) is 0 Å². The Hall–Kier alpha value is -2.89. The van der Waals surface area contributed by atoms with Crippen LogP contribution in [0.2, 0.25) is 0 Å². The number of para-hydroxylation sites is 1. The Bertz CT molecular complexity index is 1150. The first-order valence-electron chi connectivity index (χ1n) is 11.0. The zero-order chi connectivity index (χ0) is 20.3. The minimum atomic E-state index is 0.000534. The third-order valence-corrected chi connectivity index (χ3v) is 7.52. The van der Waals surface area contributed by atoms with E-state index in [9.17, 15) is 4.79 Å². The van der Waals surface area contributed by atoms with E-state index >= 15 is 0 Å². The van der Waals surface area contributed by atoms with Crippen LogP contribution in [0.1, 0.15) is 44.7 Å². The van der Waals surface area contributed by atoms with Crippen molar-refractivity contribution in [2.24, 2.45) is 0 Å². The molecule has 6 rings (SSSR count). The Morgan fingerprint density at radius 1 is 1.10 bits per heavy atom. The highest BCUT2D eigenvalue weighted by Gasteiger charge is 2.47. The second-order valence-corrected chi connectivity index (χ2v) is 9.60. The van der Waals surface area contributed by atoms with E-state index in [0.717, 1.165) is 67.5 Å². The van der Waals surface area contributed by atoms with Gasteiger partial charge >= 0.3 is 6.03 Å². The predicted molar refractivity (Wildman–Crippen MR) is 116 cm³/mol. The number of hydrogen-bond acceptors (Lipinski definition) is 3. The summed E-state index contributed by atoms with van der Waals surface area (Å²) in [5.41, 5.74) is 4.34. The fraction of sp³-hybridized carbons (Fsp3) is 0.458. The fourth-order valence-corrected chi connectivity index (χ4v) is 5.44. The van der Waals surface area contributed by atoms with Crippen molar-refractivity contribution in [3.05, 3.63) is 48.3 Å². The van der Waals surface area contributed by atoms with Crippen molar-refractivity contribution in [3.8, 4) is 11.3 Å². The lowest BCUT2D eigenvalue weighted by Crippen LogP contribution is -2.55. The number of nitrogens with one attached hydrogen (secondary N) is 1. The predicted octanol–water partition coefficient (Wildman–Crippen LogP) is 4.10. The Balaban J connectivity index is 1.26. The second-order valence-electron chi connectivity index (χ2n) is 9.60. The number of amides is 2. The number of carbonyl (C=O) groups excluding carboxylic acids is 1. The Morgan fingerprint density at radius 3 is 2.77 bits per heavy atom. The standard InChI is InChI=1S/C24H27N5O/c1-23(7-4-8-23)26-22(30)28-11-9-24(16-28)10-12-29-21(24)14-20(27-29)18-13-17-5-2-3-6-19(17)25-15-18/h2-3,5-6,13-15H,4,7-12,16H2,1H3,(H,26,30). The van der Waals surface area contributed by atoms with E-state index in [1.807, 2.05) is 29.3 Å². The number of likely N-dealkylation sites (tertiary alicyclic amines) is 1. The highest BCUT2D eigenvalue weighted by atomic mass is 16.2. The summed E-state index contributed by atoms with van der Waals surface area (Å²) in [5, 5.41) is 9.30. The summed E-state index contributed by atoms with van der Waals surface area (Å²) < 4.78 is 2.15. The van der Waals surface area contributed by atoms with Gasteiger partial charge < -0.3 is 10.2 Å². The lowest BCUT2D eigenvalue weighted by molar-refractivity contribution is 0.165. The minimum Gasteiger partial charge on any atom is -0.333 e. The number of urea groups is 1. The molecule has 6 heteroatoms. The monoisotopic (exact) mass is 401 g/mol. The van der Waals surface area contributed by atoms with Gasteiger partial charge in [0, 0.05) is 53.4 Å². The Kier molecular flexibility index (Phi) is 3.77. The molecular weight excluding hydrogens is 374 g/mol. The molecule has 1 unspecified atom stereocenters. The lowest BCUT2D eigenvalue weighted by atomic mass is 9.79. The lowest BCUT2D eigenvalue weighted by Gasteiger charge is -2.40. The molecule has 30 heavy (non-hydrogen) atoms. The van der Waals surface area contributed by atoms with Gasteiger partial charge in [0.2, 0.25) is 0 Å². The molecule has 2 fully saturated rings. The molecule has 1 N–H and O–H groups in total. The van der Waals surface area contributed by atoms with Gasteiger partial charge in [-0.3, -0.25) is 9.67 Å². The van der Waals surface area contributed by atoms with E-state index in [-0.39, 0.29) is 17.0 Å². The highest BCUT2D eigenvalue weighted by molar-refractivity contribution is 5.83. The first-order valence-corrected chi connectivity index (χ1v) is 11.0. The van der Waals surface area contributed by atoms with Gasteiger partial charge in [-0.25, -0.2) is 4.79 Å². The molecule has 1 aromatic carbocycles. The molecule has 4 heterocycles. The summed E-state index contributed by atoms with van der Waals surface area (Å²) in [6, 6.07) is 12.7. The van der Waals surface area contributed by atoms with Crippen molar-refractivity contribution >= 4 is 16.9 Å². The van der Waals surface area contributed by atoms with E-state index in [1.54, 1.807) is 0 Å². The SMILES string of the molecule is CC1(NC(=O)N2CCC3(CCn4nc(-c5cnc6ccccc6c5)cc43)C2)CCC1. The number of rotatable bonds is 2. The molecule has 1 spiro atoms. The van der Waals surface area contributed by atoms with Crippen LogP contribution in [0.4, 0.5) is 4.79 Å². The van der Waals surface area contributed by atoms with Crippen molar-refractivity contribution < 1.29 is 4.79 Å². The number of fused-ring (bicyclic) bond motifs is 3. The number of hydrogen-bond donors (Lipinski definition) is 1. The molecule has 6 nitrogen and oxygen atoms in total. The van der Waals surface area contributed by atoms with Gasteiger partial charge in [0.15, 0.2) is 0 Å². The number of aromatic nitrogens is 3. The average Bonchev–Trinajstić information content (AvgIpc) is 3.43. The maximum atomic E-state index is 12.8. The maximum absolute atomic E-state index is 12.8. The summed E-state index contributed by atoms with van der Waals surface area (Å²) in [6.07, 6.45) is 7.39. The molecule has 0 bridgehead atoms. The summed E-state index contributed by atoms with van der Waals surface area (Å²) in [7, 11) is 0. The summed E-state index contributed by atoms with van der Waals surface area (Å²) in [6.45, 7) is 4.69. The normalized spacial score (nSPS) is 24.2. The van der Waals surface area contributed by atoms with Crippen molar-refractivity contribution in [2.75, 3.05) is 13.1 Å². The number of aryl methyl sites for hydroxylation is 1. The topological polar surface area (TPSA) is 63.1 Å². The Morgan fingerprint density at radius 2 is 1.93 bits per heavy atom. The van der Waals surface area contributed by atoms with Crippen LogP contribution >= 0.6 is 0 Å². The van der Waals surface area contributed by atoms with E-state index in [1.165, 1.54) is 12.1 Å². The first kappa shape index (κ1) is 17.9. The summed E-state index contributed by atoms with van der Waals surface area (Å²) in [4.78, 5) is 19.5. The van der Waals surface area contributed by atoms with Gasteiger partial charge in [0.25, 0.3) is 0 Å². The van der Waals surface area contributed by atoms with Crippen molar-refractivity contribution in [2.45, 2.75) is 56.5 Å². The Labute approximate surface area is 176 Å². The molecule has 3 aromatic rings. The quantitative estimate of drug-likeness (QED) is 0.703. The van der Waals surface area contributed by atoms with Crippen molar-refractivity contribution in [3.63, 3.8) is 0 Å². The molecule has 2 amide bonds. The van der Waals surface area contributed by atoms with Crippen molar-refractivity contribution in [1.29, 1.82) is 0 Å². The second kappa shape index (κ2) is 6.30.